The molecule has 2 heteroatoms. The van der Waals surface area contributed by atoms with Gasteiger partial charge < -0.3 is 10.4 Å². The first kappa shape index (κ1) is 14.0. The summed E-state index contributed by atoms with van der Waals surface area (Å²) < 4.78 is 0. The zero-order valence-electron chi connectivity index (χ0n) is 11.3. The van der Waals surface area contributed by atoms with Crippen molar-refractivity contribution < 1.29 is 5.11 Å². The quantitative estimate of drug-likeness (QED) is 0.731. The van der Waals surface area contributed by atoms with Crippen molar-refractivity contribution in [2.45, 2.75) is 64.8 Å². The fourth-order valence-corrected chi connectivity index (χ4v) is 2.82. The Balaban J connectivity index is 2.41. The predicted octanol–water partition coefficient (Wildman–Crippen LogP) is 2.95. The minimum Gasteiger partial charge on any atom is -0.394 e. The van der Waals surface area contributed by atoms with Crippen LogP contribution in [-0.4, -0.2) is 23.8 Å². The summed E-state index contributed by atoms with van der Waals surface area (Å²) in [7, 11) is 0. The molecule has 0 saturated heterocycles. The lowest BCUT2D eigenvalue weighted by Crippen LogP contribution is -2.50. The normalized spacial score (nSPS) is 27.0. The minimum atomic E-state index is -0.0306. The Morgan fingerprint density at radius 2 is 1.81 bits per heavy atom. The molecule has 0 aromatic heterocycles. The van der Waals surface area contributed by atoms with Gasteiger partial charge in [0.1, 0.15) is 0 Å². The average Bonchev–Trinajstić information content (AvgIpc) is 2.34. The number of hydrogen-bond donors (Lipinski definition) is 2. The van der Waals surface area contributed by atoms with E-state index in [-0.39, 0.29) is 12.1 Å². The summed E-state index contributed by atoms with van der Waals surface area (Å²) in [6.07, 6.45) is 7.58. The van der Waals surface area contributed by atoms with Crippen molar-refractivity contribution in [2.24, 2.45) is 11.8 Å². The monoisotopic (exact) mass is 227 g/mol. The van der Waals surface area contributed by atoms with Crippen molar-refractivity contribution in [2.75, 3.05) is 13.2 Å². The third-order valence-electron chi connectivity index (χ3n) is 4.68. The molecule has 16 heavy (non-hydrogen) atoms. The van der Waals surface area contributed by atoms with Crippen molar-refractivity contribution in [1.82, 2.24) is 5.32 Å². The van der Waals surface area contributed by atoms with Gasteiger partial charge in [-0.2, -0.15) is 0 Å². The van der Waals surface area contributed by atoms with Gasteiger partial charge in [0.2, 0.25) is 0 Å². The maximum Gasteiger partial charge on any atom is 0.0613 e. The second-order valence-corrected chi connectivity index (χ2v) is 5.55. The van der Waals surface area contributed by atoms with Crippen molar-refractivity contribution in [3.63, 3.8) is 0 Å². The minimum absolute atomic E-state index is 0.0306. The van der Waals surface area contributed by atoms with Crippen LogP contribution in [0.2, 0.25) is 0 Å². The first-order valence-electron chi connectivity index (χ1n) is 7.03. The van der Waals surface area contributed by atoms with Crippen LogP contribution in [-0.2, 0) is 0 Å². The molecular formula is C14H29NO. The van der Waals surface area contributed by atoms with Crippen LogP contribution < -0.4 is 5.32 Å². The van der Waals surface area contributed by atoms with Crippen LogP contribution in [0.5, 0.6) is 0 Å². The van der Waals surface area contributed by atoms with E-state index in [2.05, 4.69) is 26.1 Å². The molecule has 2 nitrogen and oxygen atoms in total. The molecule has 0 heterocycles. The van der Waals surface area contributed by atoms with Crippen molar-refractivity contribution in [3.05, 3.63) is 0 Å². The van der Waals surface area contributed by atoms with Gasteiger partial charge in [-0.1, -0.05) is 40.0 Å². The maximum atomic E-state index is 9.51. The third kappa shape index (κ3) is 3.46. The summed E-state index contributed by atoms with van der Waals surface area (Å²) in [6, 6.07) is 0. The van der Waals surface area contributed by atoms with Crippen LogP contribution in [0.15, 0.2) is 0 Å². The molecule has 2 unspecified atom stereocenters. The van der Waals surface area contributed by atoms with E-state index in [9.17, 15) is 5.11 Å². The summed E-state index contributed by atoms with van der Waals surface area (Å²) >= 11 is 0. The van der Waals surface area contributed by atoms with Gasteiger partial charge in [0.15, 0.2) is 0 Å². The first-order chi connectivity index (χ1) is 7.67. The van der Waals surface area contributed by atoms with Crippen LogP contribution in [0.4, 0.5) is 0 Å². The Bertz CT molecular complexity index is 181. The molecule has 2 atom stereocenters. The first-order valence-corrected chi connectivity index (χ1v) is 7.03. The third-order valence-corrected chi connectivity index (χ3v) is 4.68. The maximum absolute atomic E-state index is 9.51. The van der Waals surface area contributed by atoms with E-state index in [1.165, 1.54) is 25.7 Å². The molecular weight excluding hydrogens is 198 g/mol. The van der Waals surface area contributed by atoms with Crippen LogP contribution in [0.1, 0.15) is 59.3 Å². The molecule has 1 rings (SSSR count). The van der Waals surface area contributed by atoms with Gasteiger partial charge in [0.05, 0.1) is 6.61 Å². The van der Waals surface area contributed by atoms with Gasteiger partial charge in [0, 0.05) is 5.54 Å². The lowest BCUT2D eigenvalue weighted by Gasteiger charge is -2.36. The number of aliphatic hydroxyl groups excluding tert-OH is 1. The average molecular weight is 227 g/mol. The fraction of sp³-hybridized carbons (Fsp3) is 1.00. The van der Waals surface area contributed by atoms with Gasteiger partial charge >= 0.3 is 0 Å². The summed E-state index contributed by atoms with van der Waals surface area (Å²) in [5.41, 5.74) is -0.0306. The van der Waals surface area contributed by atoms with Crippen LogP contribution in [0.25, 0.3) is 0 Å². The van der Waals surface area contributed by atoms with Gasteiger partial charge in [-0.15, -0.1) is 0 Å². The van der Waals surface area contributed by atoms with Crippen molar-refractivity contribution in [1.29, 1.82) is 0 Å². The number of aliphatic hydroxyl groups is 1. The smallest absolute Gasteiger partial charge is 0.0613 e. The fourth-order valence-electron chi connectivity index (χ4n) is 2.82. The van der Waals surface area contributed by atoms with Crippen LogP contribution >= 0.6 is 0 Å². The second kappa shape index (κ2) is 6.61. The molecule has 1 fully saturated rings. The Labute approximate surface area is 101 Å². The summed E-state index contributed by atoms with van der Waals surface area (Å²) in [5.74, 6) is 1.67. The van der Waals surface area contributed by atoms with Gasteiger partial charge in [-0.3, -0.25) is 0 Å². The van der Waals surface area contributed by atoms with E-state index in [1.807, 2.05) is 0 Å². The number of rotatable bonds is 6. The second-order valence-electron chi connectivity index (χ2n) is 5.55. The van der Waals surface area contributed by atoms with Gasteiger partial charge in [0.25, 0.3) is 0 Å². The van der Waals surface area contributed by atoms with Gasteiger partial charge in [-0.25, -0.2) is 0 Å². The molecule has 1 aliphatic rings. The largest absolute Gasteiger partial charge is 0.394 e. The van der Waals surface area contributed by atoms with Crippen LogP contribution in [0.3, 0.4) is 0 Å². The molecule has 0 aliphatic heterocycles. The highest BCUT2D eigenvalue weighted by Crippen LogP contribution is 2.29. The zero-order chi connectivity index (χ0) is 12.0. The molecule has 0 spiro atoms. The van der Waals surface area contributed by atoms with Crippen molar-refractivity contribution in [3.8, 4) is 0 Å². The Morgan fingerprint density at radius 1 is 1.19 bits per heavy atom. The van der Waals surface area contributed by atoms with Crippen LogP contribution in [0, 0.1) is 11.8 Å². The number of nitrogens with one attached hydrogen (secondary N) is 1. The van der Waals surface area contributed by atoms with Gasteiger partial charge in [-0.05, 0) is 37.6 Å². The molecule has 2 N–H and O–H groups in total. The summed E-state index contributed by atoms with van der Waals surface area (Å²) in [6.45, 7) is 8.06. The summed E-state index contributed by atoms with van der Waals surface area (Å²) in [5, 5.41) is 13.1. The summed E-state index contributed by atoms with van der Waals surface area (Å²) in [4.78, 5) is 0. The molecule has 0 radical (unpaired) electrons. The van der Waals surface area contributed by atoms with E-state index in [0.29, 0.717) is 0 Å². The molecule has 0 aromatic rings. The zero-order valence-corrected chi connectivity index (χ0v) is 11.3. The highest BCUT2D eigenvalue weighted by molar-refractivity contribution is 4.86. The number of hydrogen-bond acceptors (Lipinski definition) is 2. The van der Waals surface area contributed by atoms with E-state index in [4.69, 9.17) is 0 Å². The molecule has 1 aliphatic carbocycles. The molecule has 96 valence electrons. The molecule has 0 aromatic carbocycles. The highest BCUT2D eigenvalue weighted by Gasteiger charge is 2.28. The SMILES string of the molecule is CCC(CC)(CO)NCC1CCCCC1C. The Kier molecular flexibility index (Phi) is 5.77. The Morgan fingerprint density at radius 3 is 2.31 bits per heavy atom. The Hall–Kier alpha value is -0.0800. The topological polar surface area (TPSA) is 32.3 Å². The van der Waals surface area contributed by atoms with Crippen molar-refractivity contribution >= 4 is 0 Å². The molecule has 0 bridgehead atoms. The van der Waals surface area contributed by atoms with E-state index < -0.39 is 0 Å². The standard InChI is InChI=1S/C14H29NO/c1-4-14(5-2,11-16)15-10-13-9-7-6-8-12(13)3/h12-13,15-16H,4-11H2,1-3H3. The molecule has 1 saturated carbocycles. The highest BCUT2D eigenvalue weighted by atomic mass is 16.3. The van der Waals surface area contributed by atoms with E-state index >= 15 is 0 Å². The lowest BCUT2D eigenvalue weighted by atomic mass is 9.80. The van der Waals surface area contributed by atoms with E-state index in [1.54, 1.807) is 0 Å². The lowest BCUT2D eigenvalue weighted by molar-refractivity contribution is 0.133. The molecule has 0 amide bonds. The predicted molar refractivity (Wildman–Crippen MR) is 69.5 cm³/mol. The van der Waals surface area contributed by atoms with E-state index in [0.717, 1.165) is 31.2 Å².